The summed E-state index contributed by atoms with van der Waals surface area (Å²) in [5.41, 5.74) is 2.06. The minimum atomic E-state index is -0.704. The van der Waals surface area contributed by atoms with Crippen molar-refractivity contribution in [2.24, 2.45) is 5.92 Å². The Morgan fingerprint density at radius 2 is 1.70 bits per heavy atom. The average Bonchev–Trinajstić information content (AvgIpc) is 3.09. The molecule has 1 saturated heterocycles. The maximum Gasteiger partial charge on any atom is 0.233 e. The van der Waals surface area contributed by atoms with Gasteiger partial charge in [0.2, 0.25) is 11.8 Å². The van der Waals surface area contributed by atoms with Gasteiger partial charge in [-0.15, -0.1) is 0 Å². The summed E-state index contributed by atoms with van der Waals surface area (Å²) >= 11 is 0. The summed E-state index contributed by atoms with van der Waals surface area (Å²) in [7, 11) is 0. The summed E-state index contributed by atoms with van der Waals surface area (Å²) < 4.78 is 0. The average molecular weight is 358 g/mol. The zero-order chi connectivity index (χ0) is 18.8. The van der Waals surface area contributed by atoms with Gasteiger partial charge in [-0.05, 0) is 28.8 Å². The van der Waals surface area contributed by atoms with Crippen LogP contribution in [0.4, 0.5) is 0 Å². The van der Waals surface area contributed by atoms with Crippen LogP contribution in [0, 0.1) is 5.92 Å². The molecule has 3 atom stereocenters. The van der Waals surface area contributed by atoms with Crippen molar-refractivity contribution in [2.75, 3.05) is 6.54 Å². The van der Waals surface area contributed by atoms with E-state index in [-0.39, 0.29) is 23.8 Å². The van der Waals surface area contributed by atoms with Crippen LogP contribution in [0.1, 0.15) is 30.0 Å². The van der Waals surface area contributed by atoms with Crippen LogP contribution >= 0.6 is 0 Å². The molecular formula is C23H22N2O2. The lowest BCUT2D eigenvalue weighted by molar-refractivity contribution is -0.133. The highest BCUT2D eigenvalue weighted by Gasteiger charge is 2.41. The first-order valence-corrected chi connectivity index (χ1v) is 9.26. The number of fused-ring (bicyclic) bond motifs is 1. The highest BCUT2D eigenvalue weighted by Crippen LogP contribution is 2.30. The van der Waals surface area contributed by atoms with Gasteiger partial charge in [0, 0.05) is 12.5 Å². The van der Waals surface area contributed by atoms with E-state index in [2.05, 4.69) is 28.8 Å². The van der Waals surface area contributed by atoms with Crippen molar-refractivity contribution in [1.29, 1.82) is 0 Å². The molecule has 1 fully saturated rings. The summed E-state index contributed by atoms with van der Waals surface area (Å²) in [6, 6.07) is 23.8. The quantitative estimate of drug-likeness (QED) is 0.701. The predicted molar refractivity (Wildman–Crippen MR) is 106 cm³/mol. The number of hydrogen-bond donors (Lipinski definition) is 2. The minimum absolute atomic E-state index is 0.140. The summed E-state index contributed by atoms with van der Waals surface area (Å²) in [6.45, 7) is 2.45. The van der Waals surface area contributed by atoms with Gasteiger partial charge in [-0.2, -0.15) is 0 Å². The van der Waals surface area contributed by atoms with Crippen molar-refractivity contribution in [3.8, 4) is 0 Å². The molecule has 4 rings (SSSR count). The minimum Gasteiger partial charge on any atom is -0.355 e. The molecule has 3 unspecified atom stereocenters. The Kier molecular flexibility index (Phi) is 4.63. The zero-order valence-electron chi connectivity index (χ0n) is 15.2. The number of hydrogen-bond acceptors (Lipinski definition) is 2. The lowest BCUT2D eigenvalue weighted by atomic mass is 9.87. The molecule has 0 aromatic heterocycles. The summed E-state index contributed by atoms with van der Waals surface area (Å²) in [5.74, 6) is -1.27. The van der Waals surface area contributed by atoms with Crippen LogP contribution in [0.3, 0.4) is 0 Å². The van der Waals surface area contributed by atoms with E-state index in [1.807, 2.05) is 61.5 Å². The number of rotatable bonds is 4. The third-order valence-corrected chi connectivity index (χ3v) is 5.34. The normalized spacial score (nSPS) is 20.3. The molecule has 1 aliphatic heterocycles. The van der Waals surface area contributed by atoms with Gasteiger partial charge < -0.3 is 10.6 Å². The molecule has 3 aromatic rings. The Morgan fingerprint density at radius 3 is 2.52 bits per heavy atom. The van der Waals surface area contributed by atoms with E-state index >= 15 is 0 Å². The Bertz CT molecular complexity index is 979. The number of amides is 2. The van der Waals surface area contributed by atoms with E-state index < -0.39 is 5.92 Å². The van der Waals surface area contributed by atoms with Gasteiger partial charge in [0.25, 0.3) is 0 Å². The van der Waals surface area contributed by atoms with Crippen LogP contribution in [0.5, 0.6) is 0 Å². The molecule has 136 valence electrons. The van der Waals surface area contributed by atoms with Gasteiger partial charge in [0.1, 0.15) is 5.92 Å². The molecule has 27 heavy (non-hydrogen) atoms. The maximum absolute atomic E-state index is 13.0. The van der Waals surface area contributed by atoms with E-state index in [9.17, 15) is 9.59 Å². The second-order valence-corrected chi connectivity index (χ2v) is 7.04. The molecular weight excluding hydrogens is 336 g/mol. The Balaban J connectivity index is 1.58. The second-order valence-electron chi connectivity index (χ2n) is 7.04. The number of carbonyl (C=O) groups is 2. The van der Waals surface area contributed by atoms with Crippen molar-refractivity contribution in [3.05, 3.63) is 83.9 Å². The summed E-state index contributed by atoms with van der Waals surface area (Å²) in [4.78, 5) is 25.3. The van der Waals surface area contributed by atoms with Crippen LogP contribution in [0.25, 0.3) is 10.8 Å². The van der Waals surface area contributed by atoms with Gasteiger partial charge in [-0.25, -0.2) is 0 Å². The van der Waals surface area contributed by atoms with Crippen molar-refractivity contribution in [2.45, 2.75) is 18.9 Å². The molecule has 4 heteroatoms. The first kappa shape index (κ1) is 17.3. The van der Waals surface area contributed by atoms with Gasteiger partial charge in [-0.3, -0.25) is 9.59 Å². The lowest BCUT2D eigenvalue weighted by Crippen LogP contribution is -2.38. The van der Waals surface area contributed by atoms with E-state index in [1.54, 1.807) is 0 Å². The highest BCUT2D eigenvalue weighted by atomic mass is 16.2. The smallest absolute Gasteiger partial charge is 0.233 e. The fourth-order valence-electron chi connectivity index (χ4n) is 3.94. The monoisotopic (exact) mass is 358 g/mol. The van der Waals surface area contributed by atoms with Crippen molar-refractivity contribution >= 4 is 22.6 Å². The van der Waals surface area contributed by atoms with Crippen LogP contribution in [0.15, 0.2) is 72.8 Å². The maximum atomic E-state index is 13.0. The molecule has 2 amide bonds. The standard InChI is InChI=1S/C23H22N2O2/c1-15(18-13-7-11-16-10-5-6-12-19(16)18)25-23(27)21-20(14-24-22(21)26)17-8-3-2-4-9-17/h2-13,15,20-21H,14H2,1H3,(H,24,26)(H,25,27). The topological polar surface area (TPSA) is 58.2 Å². The van der Waals surface area contributed by atoms with Gasteiger partial charge in [0.05, 0.1) is 6.04 Å². The van der Waals surface area contributed by atoms with E-state index in [0.29, 0.717) is 6.54 Å². The molecule has 0 bridgehead atoms. The van der Waals surface area contributed by atoms with Crippen molar-refractivity contribution < 1.29 is 9.59 Å². The first-order valence-electron chi connectivity index (χ1n) is 9.26. The van der Waals surface area contributed by atoms with Gasteiger partial charge >= 0.3 is 0 Å². The fraction of sp³-hybridized carbons (Fsp3) is 0.217. The fourth-order valence-corrected chi connectivity index (χ4v) is 3.94. The molecule has 2 N–H and O–H groups in total. The molecule has 0 radical (unpaired) electrons. The van der Waals surface area contributed by atoms with E-state index in [4.69, 9.17) is 0 Å². The van der Waals surface area contributed by atoms with Crippen LogP contribution < -0.4 is 10.6 Å². The Morgan fingerprint density at radius 1 is 1.00 bits per heavy atom. The van der Waals surface area contributed by atoms with E-state index in [1.165, 1.54) is 0 Å². The van der Waals surface area contributed by atoms with Gasteiger partial charge in [-0.1, -0.05) is 72.8 Å². The molecule has 0 aliphatic carbocycles. The molecule has 1 heterocycles. The number of nitrogens with one attached hydrogen (secondary N) is 2. The van der Waals surface area contributed by atoms with E-state index in [0.717, 1.165) is 21.9 Å². The van der Waals surface area contributed by atoms with Gasteiger partial charge in [0.15, 0.2) is 0 Å². The summed E-state index contributed by atoms with van der Waals surface area (Å²) in [6.07, 6.45) is 0. The second kappa shape index (κ2) is 7.23. The molecule has 1 aliphatic rings. The molecule has 3 aromatic carbocycles. The first-order chi connectivity index (χ1) is 13.1. The third kappa shape index (κ3) is 3.31. The van der Waals surface area contributed by atoms with Crippen LogP contribution in [-0.2, 0) is 9.59 Å². The van der Waals surface area contributed by atoms with Crippen LogP contribution in [0.2, 0.25) is 0 Å². The number of carbonyl (C=O) groups excluding carboxylic acids is 2. The molecule has 0 saturated carbocycles. The number of benzene rings is 3. The Labute approximate surface area is 158 Å². The largest absolute Gasteiger partial charge is 0.355 e. The Hall–Kier alpha value is -3.14. The predicted octanol–water partition coefficient (Wildman–Crippen LogP) is 3.55. The van der Waals surface area contributed by atoms with Crippen molar-refractivity contribution in [3.63, 3.8) is 0 Å². The zero-order valence-corrected chi connectivity index (χ0v) is 15.2. The lowest BCUT2D eigenvalue weighted by Gasteiger charge is -2.21. The van der Waals surface area contributed by atoms with Crippen LogP contribution in [-0.4, -0.2) is 18.4 Å². The van der Waals surface area contributed by atoms with Crippen molar-refractivity contribution in [1.82, 2.24) is 10.6 Å². The SMILES string of the molecule is CC(NC(=O)C1C(=O)NCC1c1ccccc1)c1cccc2ccccc12. The molecule has 4 nitrogen and oxygen atoms in total. The highest BCUT2D eigenvalue weighted by molar-refractivity contribution is 6.03. The molecule has 0 spiro atoms. The summed E-state index contributed by atoms with van der Waals surface area (Å²) in [5, 5.41) is 8.15. The third-order valence-electron chi connectivity index (χ3n) is 5.34.